The summed E-state index contributed by atoms with van der Waals surface area (Å²) in [6.07, 6.45) is 3.29. The SMILES string of the molecule is C=C(/C=C\c1nc(S(N)(=O)=O)sc1C)OCC. The summed E-state index contributed by atoms with van der Waals surface area (Å²) in [6, 6.07) is 0. The van der Waals surface area contributed by atoms with Crippen LogP contribution < -0.4 is 5.14 Å². The molecule has 94 valence electrons. The Bertz CT molecular complexity index is 544. The van der Waals surface area contributed by atoms with E-state index < -0.39 is 10.0 Å². The van der Waals surface area contributed by atoms with E-state index in [-0.39, 0.29) is 4.34 Å². The molecule has 0 aromatic carbocycles. The van der Waals surface area contributed by atoms with Crippen LogP contribution in [0.15, 0.2) is 22.8 Å². The van der Waals surface area contributed by atoms with Gasteiger partial charge in [0.2, 0.25) is 4.34 Å². The Morgan fingerprint density at radius 3 is 2.76 bits per heavy atom. The van der Waals surface area contributed by atoms with E-state index in [1.165, 1.54) is 0 Å². The summed E-state index contributed by atoms with van der Waals surface area (Å²) in [7, 11) is -3.73. The normalized spacial score (nSPS) is 11.9. The minimum Gasteiger partial charge on any atom is -0.495 e. The standard InChI is InChI=1S/C10H14N2O3S2/c1-4-15-7(2)5-6-9-8(3)16-10(12-9)17(11,13)14/h5-6H,2,4H2,1,3H3,(H2,11,13,14)/b6-5-. The van der Waals surface area contributed by atoms with Gasteiger partial charge in [-0.05, 0) is 26.0 Å². The minimum atomic E-state index is -3.73. The van der Waals surface area contributed by atoms with Gasteiger partial charge in [-0.15, -0.1) is 11.3 Å². The van der Waals surface area contributed by atoms with Crippen molar-refractivity contribution in [1.82, 2.24) is 4.98 Å². The van der Waals surface area contributed by atoms with Crippen molar-refractivity contribution in [1.29, 1.82) is 0 Å². The summed E-state index contributed by atoms with van der Waals surface area (Å²) in [5.41, 5.74) is 0.555. The molecule has 0 amide bonds. The fourth-order valence-electron chi connectivity index (χ4n) is 1.06. The zero-order valence-electron chi connectivity index (χ0n) is 9.63. The maximum atomic E-state index is 11.1. The highest BCUT2D eigenvalue weighted by Gasteiger charge is 2.15. The first-order chi connectivity index (χ1) is 7.84. The molecule has 0 bridgehead atoms. The fraction of sp³-hybridized carbons (Fsp3) is 0.300. The van der Waals surface area contributed by atoms with Crippen molar-refractivity contribution in [2.24, 2.45) is 5.14 Å². The largest absolute Gasteiger partial charge is 0.495 e. The van der Waals surface area contributed by atoms with Crippen molar-refractivity contribution in [2.45, 2.75) is 18.2 Å². The van der Waals surface area contributed by atoms with Gasteiger partial charge in [0, 0.05) is 4.88 Å². The second-order valence-corrected chi connectivity index (χ2v) is 6.14. The molecule has 1 rings (SSSR count). The van der Waals surface area contributed by atoms with Gasteiger partial charge in [0.05, 0.1) is 12.3 Å². The molecule has 17 heavy (non-hydrogen) atoms. The van der Waals surface area contributed by atoms with E-state index in [0.29, 0.717) is 18.1 Å². The van der Waals surface area contributed by atoms with E-state index in [4.69, 9.17) is 9.88 Å². The van der Waals surface area contributed by atoms with Crippen molar-refractivity contribution in [3.63, 3.8) is 0 Å². The van der Waals surface area contributed by atoms with Crippen LogP contribution in [0.5, 0.6) is 0 Å². The maximum Gasteiger partial charge on any atom is 0.265 e. The quantitative estimate of drug-likeness (QED) is 0.654. The zero-order chi connectivity index (χ0) is 13.1. The van der Waals surface area contributed by atoms with Crippen molar-refractivity contribution in [2.75, 3.05) is 6.61 Å². The average molecular weight is 274 g/mol. The number of sulfonamides is 1. The average Bonchev–Trinajstić information content (AvgIpc) is 2.57. The number of primary sulfonamides is 1. The lowest BCUT2D eigenvalue weighted by Crippen LogP contribution is -2.11. The molecule has 0 aliphatic heterocycles. The number of nitrogens with two attached hydrogens (primary N) is 1. The summed E-state index contributed by atoms with van der Waals surface area (Å²) < 4.78 is 27.2. The Morgan fingerprint density at radius 1 is 1.65 bits per heavy atom. The monoisotopic (exact) mass is 274 g/mol. The van der Waals surface area contributed by atoms with Crippen LogP contribution in [-0.4, -0.2) is 20.0 Å². The van der Waals surface area contributed by atoms with Gasteiger partial charge in [0.15, 0.2) is 0 Å². The number of hydrogen-bond donors (Lipinski definition) is 1. The molecule has 0 saturated heterocycles. The Hall–Kier alpha value is -1.18. The molecular formula is C10H14N2O3S2. The lowest BCUT2D eigenvalue weighted by molar-refractivity contribution is 0.244. The Balaban J connectivity index is 2.94. The number of allylic oxidation sites excluding steroid dienone is 1. The lowest BCUT2D eigenvalue weighted by Gasteiger charge is -1.99. The number of thiazole rings is 1. The number of hydrogen-bond acceptors (Lipinski definition) is 5. The van der Waals surface area contributed by atoms with Crippen LogP contribution >= 0.6 is 11.3 Å². The number of aryl methyl sites for hydroxylation is 1. The molecule has 0 spiro atoms. The lowest BCUT2D eigenvalue weighted by atomic mass is 10.3. The second-order valence-electron chi connectivity index (χ2n) is 3.20. The predicted octanol–water partition coefficient (Wildman–Crippen LogP) is 1.66. The molecule has 0 atom stereocenters. The first-order valence-electron chi connectivity index (χ1n) is 4.84. The number of aromatic nitrogens is 1. The van der Waals surface area contributed by atoms with E-state index in [2.05, 4.69) is 11.6 Å². The third kappa shape index (κ3) is 3.95. The number of ether oxygens (including phenoxy) is 1. The topological polar surface area (TPSA) is 82.3 Å². The Kier molecular flexibility index (Phi) is 4.44. The van der Waals surface area contributed by atoms with Gasteiger partial charge in [0.1, 0.15) is 5.76 Å². The van der Waals surface area contributed by atoms with Crippen molar-refractivity contribution < 1.29 is 13.2 Å². The van der Waals surface area contributed by atoms with Crippen LogP contribution in [0.2, 0.25) is 0 Å². The van der Waals surface area contributed by atoms with Crippen molar-refractivity contribution in [3.8, 4) is 0 Å². The highest BCUT2D eigenvalue weighted by atomic mass is 32.2. The van der Waals surface area contributed by atoms with Gasteiger partial charge in [-0.2, -0.15) is 0 Å². The fourth-order valence-corrected chi connectivity index (χ4v) is 2.75. The Morgan fingerprint density at radius 2 is 2.29 bits per heavy atom. The van der Waals surface area contributed by atoms with E-state index >= 15 is 0 Å². The van der Waals surface area contributed by atoms with E-state index in [1.54, 1.807) is 19.1 Å². The summed E-state index contributed by atoms with van der Waals surface area (Å²) in [4.78, 5) is 4.71. The second kappa shape index (κ2) is 5.44. The molecule has 0 radical (unpaired) electrons. The summed E-state index contributed by atoms with van der Waals surface area (Å²) >= 11 is 1.04. The predicted molar refractivity (Wildman–Crippen MR) is 68.0 cm³/mol. The molecule has 0 unspecified atom stereocenters. The molecule has 0 aliphatic rings. The van der Waals surface area contributed by atoms with Crippen molar-refractivity contribution in [3.05, 3.63) is 29.0 Å². The van der Waals surface area contributed by atoms with E-state index in [0.717, 1.165) is 16.2 Å². The third-order valence-corrected chi connectivity index (χ3v) is 4.12. The van der Waals surface area contributed by atoms with E-state index in [9.17, 15) is 8.42 Å². The number of nitrogens with zero attached hydrogens (tertiary/aromatic N) is 1. The molecule has 0 aliphatic carbocycles. The molecule has 7 heteroatoms. The molecule has 1 heterocycles. The zero-order valence-corrected chi connectivity index (χ0v) is 11.3. The molecule has 1 aromatic rings. The summed E-state index contributed by atoms with van der Waals surface area (Å²) in [6.45, 7) is 7.82. The van der Waals surface area contributed by atoms with Crippen LogP contribution in [0, 0.1) is 6.92 Å². The molecular weight excluding hydrogens is 260 g/mol. The highest BCUT2D eigenvalue weighted by Crippen LogP contribution is 2.21. The van der Waals surface area contributed by atoms with Gasteiger partial charge in [-0.1, -0.05) is 6.58 Å². The smallest absolute Gasteiger partial charge is 0.265 e. The third-order valence-electron chi connectivity index (χ3n) is 1.81. The van der Waals surface area contributed by atoms with Crippen molar-refractivity contribution >= 4 is 27.4 Å². The van der Waals surface area contributed by atoms with Gasteiger partial charge >= 0.3 is 0 Å². The van der Waals surface area contributed by atoms with Gasteiger partial charge in [0.25, 0.3) is 10.0 Å². The first kappa shape index (κ1) is 13.9. The van der Waals surface area contributed by atoms with Gasteiger partial charge < -0.3 is 4.74 Å². The molecule has 1 aromatic heterocycles. The Labute approximate surface area is 105 Å². The van der Waals surface area contributed by atoms with Crippen LogP contribution in [0.25, 0.3) is 6.08 Å². The van der Waals surface area contributed by atoms with Crippen LogP contribution in [0.1, 0.15) is 17.5 Å². The molecule has 0 fully saturated rings. The van der Waals surface area contributed by atoms with Gasteiger partial charge in [-0.3, -0.25) is 0 Å². The molecule has 0 saturated carbocycles. The van der Waals surface area contributed by atoms with Crippen LogP contribution in [-0.2, 0) is 14.8 Å². The highest BCUT2D eigenvalue weighted by molar-refractivity contribution is 7.91. The molecule has 5 nitrogen and oxygen atoms in total. The maximum absolute atomic E-state index is 11.1. The summed E-state index contributed by atoms with van der Waals surface area (Å²) in [5.74, 6) is 0.497. The molecule has 2 N–H and O–H groups in total. The van der Waals surface area contributed by atoms with E-state index in [1.807, 2.05) is 6.92 Å². The summed E-state index contributed by atoms with van der Waals surface area (Å²) in [5, 5.41) is 5.00. The minimum absolute atomic E-state index is 0.0864. The van der Waals surface area contributed by atoms with Gasteiger partial charge in [-0.25, -0.2) is 18.5 Å². The number of rotatable bonds is 5. The first-order valence-corrected chi connectivity index (χ1v) is 7.21. The van der Waals surface area contributed by atoms with Crippen LogP contribution in [0.4, 0.5) is 0 Å². The van der Waals surface area contributed by atoms with Crippen LogP contribution in [0.3, 0.4) is 0 Å².